The highest BCUT2D eigenvalue weighted by Crippen LogP contribution is 2.17. The summed E-state index contributed by atoms with van der Waals surface area (Å²) in [6, 6.07) is 20.5. The maximum atomic E-state index is 13.3. The molecule has 3 aromatic rings. The Bertz CT molecular complexity index is 1000. The van der Waals surface area contributed by atoms with Gasteiger partial charge in [0.2, 0.25) is 5.91 Å². The van der Waals surface area contributed by atoms with E-state index in [0.29, 0.717) is 24.5 Å². The Kier molecular flexibility index (Phi) is 8.45. The summed E-state index contributed by atoms with van der Waals surface area (Å²) in [7, 11) is 1.59. The molecule has 2 aromatic carbocycles. The zero-order valence-electron chi connectivity index (χ0n) is 18.1. The highest BCUT2D eigenvalue weighted by molar-refractivity contribution is 7.09. The number of ether oxygens (including phenoxy) is 1. The second-order valence-corrected chi connectivity index (χ2v) is 8.17. The van der Waals surface area contributed by atoms with Crippen molar-refractivity contribution in [1.82, 2.24) is 9.80 Å². The first-order valence-electron chi connectivity index (χ1n) is 10.2. The van der Waals surface area contributed by atoms with E-state index in [4.69, 9.17) is 4.74 Å². The normalized spacial score (nSPS) is 10.3. The third kappa shape index (κ3) is 6.72. The lowest BCUT2D eigenvalue weighted by Crippen LogP contribution is -2.44. The van der Waals surface area contributed by atoms with Crippen LogP contribution >= 0.6 is 11.3 Å². The first-order valence-corrected chi connectivity index (χ1v) is 11.1. The Hall–Kier alpha value is -3.58. The minimum Gasteiger partial charge on any atom is -0.497 e. The van der Waals surface area contributed by atoms with E-state index in [1.165, 1.54) is 4.90 Å². The fourth-order valence-corrected chi connectivity index (χ4v) is 3.86. The van der Waals surface area contributed by atoms with Gasteiger partial charge in [-0.1, -0.05) is 42.5 Å². The van der Waals surface area contributed by atoms with Gasteiger partial charge in [0.15, 0.2) is 0 Å². The zero-order valence-corrected chi connectivity index (χ0v) is 18.9. The molecule has 0 radical (unpaired) electrons. The van der Waals surface area contributed by atoms with E-state index in [1.54, 1.807) is 53.7 Å². The lowest BCUT2D eigenvalue weighted by atomic mass is 10.2. The van der Waals surface area contributed by atoms with Gasteiger partial charge in [-0.05, 0) is 41.3 Å². The van der Waals surface area contributed by atoms with Crippen molar-refractivity contribution in [3.05, 3.63) is 95.2 Å². The molecule has 0 aliphatic carbocycles. The molecule has 6 nitrogen and oxygen atoms in total. The van der Waals surface area contributed by atoms with Crippen molar-refractivity contribution in [1.29, 1.82) is 0 Å². The number of hydrogen-bond donors (Lipinski definition) is 1. The molecule has 0 aliphatic heterocycles. The highest BCUT2D eigenvalue weighted by Gasteiger charge is 2.21. The minimum atomic E-state index is -0.362. The monoisotopic (exact) mass is 449 g/mol. The lowest BCUT2D eigenvalue weighted by Gasteiger charge is -2.27. The number of nitrogens with one attached hydrogen (secondary N) is 1. The maximum Gasteiger partial charge on any atom is 0.322 e. The summed E-state index contributed by atoms with van der Waals surface area (Å²) in [5.74, 6) is 0.570. The van der Waals surface area contributed by atoms with Crippen molar-refractivity contribution in [2.75, 3.05) is 25.5 Å². The molecular formula is C25H27N3O3S. The molecule has 32 heavy (non-hydrogen) atoms. The highest BCUT2D eigenvalue weighted by atomic mass is 32.1. The molecule has 7 heteroatoms. The zero-order chi connectivity index (χ0) is 22.8. The fraction of sp³-hybridized carbons (Fsp3) is 0.200. The van der Waals surface area contributed by atoms with Crippen molar-refractivity contribution >= 4 is 29.0 Å². The number of urea groups is 1. The van der Waals surface area contributed by atoms with Gasteiger partial charge in [0.25, 0.3) is 0 Å². The molecule has 1 heterocycles. The number of benzene rings is 2. The summed E-state index contributed by atoms with van der Waals surface area (Å²) < 4.78 is 5.15. The van der Waals surface area contributed by atoms with Crippen LogP contribution in [0.5, 0.6) is 5.75 Å². The van der Waals surface area contributed by atoms with E-state index in [-0.39, 0.29) is 25.0 Å². The third-order valence-corrected chi connectivity index (χ3v) is 5.66. The predicted octanol–water partition coefficient (Wildman–Crippen LogP) is 5.01. The van der Waals surface area contributed by atoms with Gasteiger partial charge in [0.05, 0.1) is 13.7 Å². The number of carbonyl (C=O) groups excluding carboxylic acids is 2. The first kappa shape index (κ1) is 23.1. The van der Waals surface area contributed by atoms with Crippen LogP contribution in [0.25, 0.3) is 0 Å². The number of amides is 3. The molecule has 0 atom stereocenters. The number of thiophene rings is 1. The summed E-state index contributed by atoms with van der Waals surface area (Å²) >= 11 is 1.61. The molecule has 0 saturated carbocycles. The van der Waals surface area contributed by atoms with Gasteiger partial charge >= 0.3 is 6.03 Å². The van der Waals surface area contributed by atoms with Crippen LogP contribution in [0.2, 0.25) is 0 Å². The van der Waals surface area contributed by atoms with Gasteiger partial charge in [0.1, 0.15) is 12.3 Å². The van der Waals surface area contributed by atoms with Crippen molar-refractivity contribution in [3.8, 4) is 5.75 Å². The standard InChI is InChI=1S/C25H27N3O3S/c1-3-15-27(25(30)26-21-11-13-22(31-2)14-12-21)19-24(29)28(18-23-10-7-16-32-23)17-20-8-5-4-6-9-20/h3-14,16H,1,15,17-19H2,2H3,(H,26,30). The van der Waals surface area contributed by atoms with Crippen LogP contribution in [0.3, 0.4) is 0 Å². The molecular weight excluding hydrogens is 422 g/mol. The largest absolute Gasteiger partial charge is 0.497 e. The molecule has 0 saturated heterocycles. The number of methoxy groups -OCH3 is 1. The summed E-state index contributed by atoms with van der Waals surface area (Å²) in [4.78, 5) is 30.4. The van der Waals surface area contributed by atoms with Gasteiger partial charge in [-0.3, -0.25) is 4.79 Å². The Balaban J connectivity index is 1.70. The molecule has 166 valence electrons. The topological polar surface area (TPSA) is 61.9 Å². The molecule has 0 spiro atoms. The molecule has 3 amide bonds. The molecule has 0 fully saturated rings. The van der Waals surface area contributed by atoms with Crippen LogP contribution in [0, 0.1) is 0 Å². The van der Waals surface area contributed by atoms with E-state index < -0.39 is 0 Å². The summed E-state index contributed by atoms with van der Waals surface area (Å²) in [6.45, 7) is 4.90. The van der Waals surface area contributed by atoms with Crippen molar-refractivity contribution in [2.24, 2.45) is 0 Å². The molecule has 0 bridgehead atoms. The van der Waals surface area contributed by atoms with Crippen LogP contribution in [0.1, 0.15) is 10.4 Å². The summed E-state index contributed by atoms with van der Waals surface area (Å²) in [6.07, 6.45) is 1.61. The third-order valence-electron chi connectivity index (χ3n) is 4.80. The van der Waals surface area contributed by atoms with Crippen molar-refractivity contribution in [3.63, 3.8) is 0 Å². The van der Waals surface area contributed by atoms with Crippen molar-refractivity contribution in [2.45, 2.75) is 13.1 Å². The Morgan fingerprint density at radius 2 is 1.75 bits per heavy atom. The van der Waals surface area contributed by atoms with E-state index in [2.05, 4.69) is 11.9 Å². The average Bonchev–Trinajstić information content (AvgIpc) is 3.32. The fourth-order valence-electron chi connectivity index (χ4n) is 3.14. The number of rotatable bonds is 10. The van der Waals surface area contributed by atoms with Crippen LogP contribution in [-0.4, -0.2) is 41.9 Å². The van der Waals surface area contributed by atoms with Gasteiger partial charge in [-0.2, -0.15) is 0 Å². The Labute approximate surface area is 192 Å². The molecule has 1 aromatic heterocycles. The second kappa shape index (κ2) is 11.7. The average molecular weight is 450 g/mol. The Morgan fingerprint density at radius 3 is 2.38 bits per heavy atom. The lowest BCUT2D eigenvalue weighted by molar-refractivity contribution is -0.132. The predicted molar refractivity (Wildman–Crippen MR) is 129 cm³/mol. The van der Waals surface area contributed by atoms with Crippen LogP contribution in [0.15, 0.2) is 84.8 Å². The summed E-state index contributed by atoms with van der Waals surface area (Å²) in [5.41, 5.74) is 1.66. The number of hydrogen-bond acceptors (Lipinski definition) is 4. The van der Waals surface area contributed by atoms with Gasteiger partial charge < -0.3 is 19.9 Å². The van der Waals surface area contributed by atoms with Gasteiger partial charge in [-0.15, -0.1) is 17.9 Å². The van der Waals surface area contributed by atoms with Crippen LogP contribution in [-0.2, 0) is 17.9 Å². The van der Waals surface area contributed by atoms with Gasteiger partial charge in [0, 0.05) is 23.7 Å². The number of anilines is 1. The number of nitrogens with zero attached hydrogens (tertiary/aromatic N) is 2. The minimum absolute atomic E-state index is 0.0494. The number of carbonyl (C=O) groups is 2. The van der Waals surface area contributed by atoms with Crippen LogP contribution < -0.4 is 10.1 Å². The van der Waals surface area contributed by atoms with E-state index in [1.807, 2.05) is 47.8 Å². The van der Waals surface area contributed by atoms with Gasteiger partial charge in [-0.25, -0.2) is 4.79 Å². The van der Waals surface area contributed by atoms with E-state index >= 15 is 0 Å². The van der Waals surface area contributed by atoms with E-state index in [0.717, 1.165) is 10.4 Å². The quantitative estimate of drug-likeness (QED) is 0.443. The second-order valence-electron chi connectivity index (χ2n) is 7.14. The Morgan fingerprint density at radius 1 is 1.00 bits per heavy atom. The maximum absolute atomic E-state index is 13.3. The molecule has 0 unspecified atom stereocenters. The summed E-state index contributed by atoms with van der Waals surface area (Å²) in [5, 5.41) is 4.83. The smallest absolute Gasteiger partial charge is 0.322 e. The first-order chi connectivity index (χ1) is 15.6. The van der Waals surface area contributed by atoms with Crippen LogP contribution in [0.4, 0.5) is 10.5 Å². The van der Waals surface area contributed by atoms with E-state index in [9.17, 15) is 9.59 Å². The SMILES string of the molecule is C=CCN(CC(=O)N(Cc1ccccc1)Cc1cccs1)C(=O)Nc1ccc(OC)cc1. The molecule has 0 aliphatic rings. The molecule has 3 rings (SSSR count). The van der Waals surface area contributed by atoms with Crippen molar-refractivity contribution < 1.29 is 14.3 Å². The molecule has 1 N–H and O–H groups in total.